The van der Waals surface area contributed by atoms with Crippen LogP contribution in [0.2, 0.25) is 0 Å². The quantitative estimate of drug-likeness (QED) is 0.291. The van der Waals surface area contributed by atoms with E-state index >= 15 is 0 Å². The average molecular weight is 552 g/mol. The maximum atomic E-state index is 14.9. The number of aryl methyl sites for hydroxylation is 1. The van der Waals surface area contributed by atoms with Crippen molar-refractivity contribution in [1.29, 1.82) is 0 Å². The van der Waals surface area contributed by atoms with Crippen LogP contribution in [0.5, 0.6) is 11.5 Å². The molecule has 2 amide bonds. The Bertz CT molecular complexity index is 1740. The number of hydrogen-bond donors (Lipinski definition) is 1. The fourth-order valence-electron chi connectivity index (χ4n) is 4.79. The molecule has 0 saturated carbocycles. The van der Waals surface area contributed by atoms with Gasteiger partial charge in [0.15, 0.2) is 11.5 Å². The molecule has 0 fully saturated rings. The van der Waals surface area contributed by atoms with Crippen LogP contribution in [0, 0.1) is 12.7 Å². The Kier molecular flexibility index (Phi) is 7.03. The molecule has 1 N–H and O–H groups in total. The third kappa shape index (κ3) is 5.44. The van der Waals surface area contributed by atoms with Gasteiger partial charge in [-0.3, -0.25) is 9.59 Å². The molecule has 1 atom stereocenters. The molecule has 1 unspecified atom stereocenters. The Labute approximate surface area is 235 Å². The second-order valence-corrected chi connectivity index (χ2v) is 9.72. The first kappa shape index (κ1) is 26.0. The molecule has 1 aliphatic rings. The van der Waals surface area contributed by atoms with Gasteiger partial charge in [0.1, 0.15) is 23.9 Å². The normalized spacial score (nSPS) is 12.7. The highest BCUT2D eigenvalue weighted by atomic mass is 19.1. The summed E-state index contributed by atoms with van der Waals surface area (Å²) in [5, 5.41) is 11.2. The summed E-state index contributed by atoms with van der Waals surface area (Å²) in [5.41, 5.74) is 3.61. The molecular formula is C31H26FN5O4. The second-order valence-electron chi connectivity index (χ2n) is 9.72. The standard InChI is InChI=1S/C31H26FN5O4/c1-20-10-12-21(13-11-20)30(31(39)33-23-14-15-27-28(16-23)41-19-40-27)36(17-22-6-2-3-7-24(22)32)29(38)18-37-26-9-5-4-8-25(26)34-35-37/h2-16,30H,17-19H2,1H3,(H,33,39). The van der Waals surface area contributed by atoms with Crippen LogP contribution in [-0.2, 0) is 22.7 Å². The van der Waals surface area contributed by atoms with Crippen molar-refractivity contribution in [2.24, 2.45) is 0 Å². The predicted octanol–water partition coefficient (Wildman–Crippen LogP) is 5.02. The van der Waals surface area contributed by atoms with E-state index in [1.807, 2.05) is 37.3 Å². The molecule has 6 rings (SSSR count). The number of rotatable bonds is 8. The van der Waals surface area contributed by atoms with Gasteiger partial charge in [-0.15, -0.1) is 5.10 Å². The summed E-state index contributed by atoms with van der Waals surface area (Å²) in [6.45, 7) is 1.68. The average Bonchev–Trinajstić information content (AvgIpc) is 3.61. The van der Waals surface area contributed by atoms with E-state index < -0.39 is 23.7 Å². The highest BCUT2D eigenvalue weighted by Crippen LogP contribution is 2.35. The number of nitrogens with zero attached hydrogens (tertiary/aromatic N) is 4. The third-order valence-electron chi connectivity index (χ3n) is 6.92. The largest absolute Gasteiger partial charge is 0.454 e. The number of ether oxygens (including phenoxy) is 2. The fourth-order valence-corrected chi connectivity index (χ4v) is 4.79. The molecule has 9 nitrogen and oxygen atoms in total. The van der Waals surface area contributed by atoms with E-state index in [-0.39, 0.29) is 25.4 Å². The zero-order valence-electron chi connectivity index (χ0n) is 22.2. The summed E-state index contributed by atoms with van der Waals surface area (Å²) in [5.74, 6) is -0.298. The number of halogens is 1. The number of amides is 2. The fraction of sp³-hybridized carbons (Fsp3) is 0.161. The maximum Gasteiger partial charge on any atom is 0.251 e. The van der Waals surface area contributed by atoms with E-state index in [4.69, 9.17) is 9.47 Å². The SMILES string of the molecule is Cc1ccc(C(C(=O)Nc2ccc3c(c2)OCO3)N(Cc2ccccc2F)C(=O)Cn2nnc3ccccc32)cc1. The van der Waals surface area contributed by atoms with Crippen LogP contribution in [0.3, 0.4) is 0 Å². The summed E-state index contributed by atoms with van der Waals surface area (Å²) in [7, 11) is 0. The summed E-state index contributed by atoms with van der Waals surface area (Å²) in [6.07, 6.45) is 0. The first-order valence-corrected chi connectivity index (χ1v) is 13.0. The van der Waals surface area contributed by atoms with E-state index in [0.717, 1.165) is 5.56 Å². The molecule has 2 heterocycles. The van der Waals surface area contributed by atoms with E-state index in [1.54, 1.807) is 54.6 Å². The van der Waals surface area contributed by atoms with Gasteiger partial charge in [0, 0.05) is 23.9 Å². The molecular weight excluding hydrogens is 525 g/mol. The van der Waals surface area contributed by atoms with Crippen LogP contribution < -0.4 is 14.8 Å². The number of para-hydroxylation sites is 1. The van der Waals surface area contributed by atoms with Crippen LogP contribution >= 0.6 is 0 Å². The van der Waals surface area contributed by atoms with Gasteiger partial charge in [0.25, 0.3) is 5.91 Å². The van der Waals surface area contributed by atoms with Crippen molar-refractivity contribution in [2.45, 2.75) is 26.1 Å². The van der Waals surface area contributed by atoms with Gasteiger partial charge in [0.05, 0.1) is 5.52 Å². The van der Waals surface area contributed by atoms with Crippen LogP contribution in [0.1, 0.15) is 22.7 Å². The lowest BCUT2D eigenvalue weighted by atomic mass is 10.0. The van der Waals surface area contributed by atoms with Crippen molar-refractivity contribution in [2.75, 3.05) is 12.1 Å². The zero-order chi connectivity index (χ0) is 28.3. The summed E-state index contributed by atoms with van der Waals surface area (Å²) in [4.78, 5) is 29.5. The molecule has 4 aromatic carbocycles. The minimum Gasteiger partial charge on any atom is -0.454 e. The number of benzene rings is 4. The van der Waals surface area contributed by atoms with Gasteiger partial charge >= 0.3 is 0 Å². The molecule has 0 spiro atoms. The Morgan fingerprint density at radius 3 is 2.56 bits per heavy atom. The Hall–Kier alpha value is -5.25. The number of fused-ring (bicyclic) bond motifs is 2. The summed E-state index contributed by atoms with van der Waals surface area (Å²) in [6, 6.07) is 24.8. The molecule has 10 heteroatoms. The van der Waals surface area contributed by atoms with Crippen molar-refractivity contribution >= 4 is 28.5 Å². The number of nitrogens with one attached hydrogen (secondary N) is 1. The minimum absolute atomic E-state index is 0.0978. The Balaban J connectivity index is 1.39. The summed E-state index contributed by atoms with van der Waals surface area (Å²) >= 11 is 0. The molecule has 0 bridgehead atoms. The Morgan fingerprint density at radius 1 is 0.976 bits per heavy atom. The van der Waals surface area contributed by atoms with Crippen LogP contribution in [-0.4, -0.2) is 38.5 Å². The van der Waals surface area contributed by atoms with Gasteiger partial charge < -0.3 is 19.7 Å². The minimum atomic E-state index is -1.09. The van der Waals surface area contributed by atoms with Gasteiger partial charge in [-0.2, -0.15) is 0 Å². The molecule has 0 radical (unpaired) electrons. The van der Waals surface area contributed by atoms with Gasteiger partial charge in [0.2, 0.25) is 12.7 Å². The maximum absolute atomic E-state index is 14.9. The van der Waals surface area contributed by atoms with Crippen molar-refractivity contribution in [3.63, 3.8) is 0 Å². The lowest BCUT2D eigenvalue weighted by Crippen LogP contribution is -2.42. The lowest BCUT2D eigenvalue weighted by molar-refractivity contribution is -0.140. The van der Waals surface area contributed by atoms with Crippen LogP contribution in [0.25, 0.3) is 11.0 Å². The van der Waals surface area contributed by atoms with Crippen molar-refractivity contribution in [3.8, 4) is 11.5 Å². The third-order valence-corrected chi connectivity index (χ3v) is 6.92. The lowest BCUT2D eigenvalue weighted by Gasteiger charge is -2.32. The van der Waals surface area contributed by atoms with Crippen LogP contribution in [0.4, 0.5) is 10.1 Å². The molecule has 0 aliphatic carbocycles. The summed E-state index contributed by atoms with van der Waals surface area (Å²) < 4.78 is 27.2. The van der Waals surface area contributed by atoms with E-state index in [2.05, 4.69) is 15.6 Å². The van der Waals surface area contributed by atoms with Gasteiger partial charge in [-0.1, -0.05) is 65.4 Å². The molecule has 206 valence electrons. The van der Waals surface area contributed by atoms with E-state index in [1.165, 1.54) is 15.6 Å². The topological polar surface area (TPSA) is 98.6 Å². The molecule has 5 aromatic rings. The Morgan fingerprint density at radius 2 is 1.73 bits per heavy atom. The molecule has 41 heavy (non-hydrogen) atoms. The highest BCUT2D eigenvalue weighted by molar-refractivity contribution is 5.98. The van der Waals surface area contributed by atoms with Gasteiger partial charge in [-0.25, -0.2) is 9.07 Å². The van der Waals surface area contributed by atoms with Crippen LogP contribution in [0.15, 0.2) is 91.0 Å². The number of carbonyl (C=O) groups excluding carboxylic acids is 2. The molecule has 1 aliphatic heterocycles. The van der Waals surface area contributed by atoms with Crippen molar-refractivity contribution < 1.29 is 23.5 Å². The number of carbonyl (C=O) groups is 2. The zero-order valence-corrected chi connectivity index (χ0v) is 22.2. The predicted molar refractivity (Wildman–Crippen MR) is 150 cm³/mol. The molecule has 1 aromatic heterocycles. The molecule has 0 saturated heterocycles. The van der Waals surface area contributed by atoms with Crippen molar-refractivity contribution in [3.05, 3.63) is 114 Å². The number of aromatic nitrogens is 3. The first-order valence-electron chi connectivity index (χ1n) is 13.0. The van der Waals surface area contributed by atoms with Crippen molar-refractivity contribution in [1.82, 2.24) is 19.9 Å². The number of anilines is 1. The monoisotopic (exact) mass is 551 g/mol. The van der Waals surface area contributed by atoms with E-state index in [9.17, 15) is 14.0 Å². The smallest absolute Gasteiger partial charge is 0.251 e. The van der Waals surface area contributed by atoms with Gasteiger partial charge in [-0.05, 0) is 42.8 Å². The second kappa shape index (κ2) is 11.1. The number of hydrogen-bond acceptors (Lipinski definition) is 6. The first-order chi connectivity index (χ1) is 20.0. The highest BCUT2D eigenvalue weighted by Gasteiger charge is 2.33. The van der Waals surface area contributed by atoms with E-state index in [0.29, 0.717) is 33.8 Å².